The molecule has 2 aromatic rings. The molecule has 0 aliphatic rings. The fraction of sp³-hybridized carbons (Fsp3) is 0.435. The number of likely N-dealkylation sites (N-methyl/N-ethyl adjacent to an activating group) is 1. The molecule has 26 heavy (non-hydrogen) atoms. The number of hydrogen-bond acceptors (Lipinski definition) is 3. The average Bonchev–Trinajstić information content (AvgIpc) is 2.60. The van der Waals surface area contributed by atoms with Gasteiger partial charge in [0.25, 0.3) is 0 Å². The van der Waals surface area contributed by atoms with E-state index in [-0.39, 0.29) is 5.78 Å². The SMILES string of the molecule is CCC(Cc1ccc(C)cc1)(C(=O)c1ccc(CN(C)C)cc1)N(C)C. The van der Waals surface area contributed by atoms with Crippen LogP contribution in [0.2, 0.25) is 0 Å². The Bertz CT molecular complexity index is 717. The lowest BCUT2D eigenvalue weighted by molar-refractivity contribution is 0.0666. The largest absolute Gasteiger partial charge is 0.305 e. The molecule has 0 aromatic heterocycles. The Morgan fingerprint density at radius 2 is 1.42 bits per heavy atom. The van der Waals surface area contributed by atoms with E-state index in [1.165, 1.54) is 16.7 Å². The van der Waals surface area contributed by atoms with Crippen LogP contribution in [-0.2, 0) is 13.0 Å². The first-order valence-corrected chi connectivity index (χ1v) is 9.30. The van der Waals surface area contributed by atoms with Crippen LogP contribution in [0.25, 0.3) is 0 Å². The molecule has 2 rings (SSSR count). The van der Waals surface area contributed by atoms with Gasteiger partial charge in [0.15, 0.2) is 5.78 Å². The Morgan fingerprint density at radius 3 is 1.88 bits per heavy atom. The van der Waals surface area contributed by atoms with Gasteiger partial charge in [-0.3, -0.25) is 9.69 Å². The molecule has 0 aliphatic heterocycles. The summed E-state index contributed by atoms with van der Waals surface area (Å²) in [7, 11) is 8.12. The van der Waals surface area contributed by atoms with Crippen LogP contribution in [0.4, 0.5) is 0 Å². The minimum Gasteiger partial charge on any atom is -0.305 e. The number of rotatable bonds is 8. The van der Waals surface area contributed by atoms with E-state index in [9.17, 15) is 4.79 Å². The smallest absolute Gasteiger partial charge is 0.183 e. The lowest BCUT2D eigenvalue weighted by Gasteiger charge is -2.38. The van der Waals surface area contributed by atoms with E-state index < -0.39 is 5.54 Å². The fourth-order valence-electron chi connectivity index (χ4n) is 3.48. The van der Waals surface area contributed by atoms with Gasteiger partial charge in [-0.2, -0.15) is 0 Å². The summed E-state index contributed by atoms with van der Waals surface area (Å²) >= 11 is 0. The van der Waals surface area contributed by atoms with E-state index in [1.54, 1.807) is 0 Å². The molecule has 140 valence electrons. The monoisotopic (exact) mass is 352 g/mol. The van der Waals surface area contributed by atoms with Gasteiger partial charge in [-0.1, -0.05) is 61.0 Å². The summed E-state index contributed by atoms with van der Waals surface area (Å²) in [5.41, 5.74) is 3.91. The molecule has 0 saturated heterocycles. The number of benzene rings is 2. The van der Waals surface area contributed by atoms with Gasteiger partial charge in [0.2, 0.25) is 0 Å². The van der Waals surface area contributed by atoms with Crippen LogP contribution >= 0.6 is 0 Å². The molecule has 2 aromatic carbocycles. The predicted octanol–water partition coefficient (Wildman–Crippen LogP) is 4.19. The highest BCUT2D eigenvalue weighted by molar-refractivity contribution is 6.03. The highest BCUT2D eigenvalue weighted by Gasteiger charge is 2.39. The highest BCUT2D eigenvalue weighted by Crippen LogP contribution is 2.28. The van der Waals surface area contributed by atoms with Crippen molar-refractivity contribution in [3.63, 3.8) is 0 Å². The Balaban J connectivity index is 2.32. The van der Waals surface area contributed by atoms with Gasteiger partial charge >= 0.3 is 0 Å². The summed E-state index contributed by atoms with van der Waals surface area (Å²) in [5.74, 6) is 0.196. The molecule has 0 bridgehead atoms. The van der Waals surface area contributed by atoms with Crippen molar-refractivity contribution in [2.24, 2.45) is 0 Å². The molecule has 0 amide bonds. The molecule has 0 N–H and O–H groups in total. The number of ketones is 1. The molecule has 3 nitrogen and oxygen atoms in total. The Labute approximate surface area is 158 Å². The second-order valence-electron chi connectivity index (χ2n) is 7.71. The van der Waals surface area contributed by atoms with E-state index in [0.717, 1.165) is 24.9 Å². The maximum absolute atomic E-state index is 13.5. The molecule has 0 saturated carbocycles. The Morgan fingerprint density at radius 1 is 0.885 bits per heavy atom. The lowest BCUT2D eigenvalue weighted by Crippen LogP contribution is -2.52. The van der Waals surface area contributed by atoms with Crippen LogP contribution in [0, 0.1) is 6.92 Å². The van der Waals surface area contributed by atoms with Crippen molar-refractivity contribution in [3.05, 3.63) is 70.8 Å². The summed E-state index contributed by atoms with van der Waals surface area (Å²) in [6.45, 7) is 5.07. The van der Waals surface area contributed by atoms with Crippen molar-refractivity contribution in [1.82, 2.24) is 9.80 Å². The van der Waals surface area contributed by atoms with Gasteiger partial charge in [0, 0.05) is 12.1 Å². The molecule has 0 heterocycles. The van der Waals surface area contributed by atoms with Crippen LogP contribution in [-0.4, -0.2) is 49.3 Å². The van der Waals surface area contributed by atoms with Gasteiger partial charge in [-0.05, 0) is 59.1 Å². The minimum atomic E-state index is -0.529. The van der Waals surface area contributed by atoms with Gasteiger partial charge in [0.1, 0.15) is 0 Å². The zero-order chi connectivity index (χ0) is 19.3. The molecule has 0 fully saturated rings. The molecular formula is C23H32N2O. The zero-order valence-electron chi connectivity index (χ0n) is 17.0. The molecule has 0 aliphatic carbocycles. The van der Waals surface area contributed by atoms with E-state index in [4.69, 9.17) is 0 Å². The maximum atomic E-state index is 13.5. The van der Waals surface area contributed by atoms with Crippen molar-refractivity contribution >= 4 is 5.78 Å². The molecule has 0 radical (unpaired) electrons. The molecule has 1 unspecified atom stereocenters. The first kappa shape index (κ1) is 20.3. The Kier molecular flexibility index (Phi) is 6.74. The van der Waals surface area contributed by atoms with Crippen LogP contribution in [0.15, 0.2) is 48.5 Å². The summed E-state index contributed by atoms with van der Waals surface area (Å²) in [4.78, 5) is 17.7. The number of carbonyl (C=O) groups excluding carboxylic acids is 1. The van der Waals surface area contributed by atoms with Gasteiger partial charge < -0.3 is 4.90 Å². The first-order chi connectivity index (χ1) is 12.3. The first-order valence-electron chi connectivity index (χ1n) is 9.30. The topological polar surface area (TPSA) is 23.6 Å². The van der Waals surface area contributed by atoms with Crippen LogP contribution < -0.4 is 0 Å². The van der Waals surface area contributed by atoms with E-state index >= 15 is 0 Å². The second-order valence-corrected chi connectivity index (χ2v) is 7.71. The third-order valence-electron chi connectivity index (χ3n) is 5.20. The number of Topliss-reactive ketones (excluding diaryl/α,β-unsaturated/α-hetero) is 1. The summed E-state index contributed by atoms with van der Waals surface area (Å²) < 4.78 is 0. The number of carbonyl (C=O) groups is 1. The molecular weight excluding hydrogens is 320 g/mol. The van der Waals surface area contributed by atoms with Gasteiger partial charge in [-0.15, -0.1) is 0 Å². The molecule has 3 heteroatoms. The van der Waals surface area contributed by atoms with Crippen molar-refractivity contribution < 1.29 is 4.79 Å². The summed E-state index contributed by atoms with van der Waals surface area (Å²) in [5, 5.41) is 0. The van der Waals surface area contributed by atoms with Crippen LogP contribution in [0.5, 0.6) is 0 Å². The third kappa shape index (κ3) is 4.60. The van der Waals surface area contributed by atoms with Gasteiger partial charge in [-0.25, -0.2) is 0 Å². The van der Waals surface area contributed by atoms with E-state index in [1.807, 2.05) is 26.2 Å². The summed E-state index contributed by atoms with van der Waals surface area (Å²) in [6, 6.07) is 16.6. The average molecular weight is 353 g/mol. The van der Waals surface area contributed by atoms with Crippen molar-refractivity contribution in [1.29, 1.82) is 0 Å². The number of aryl methyl sites for hydroxylation is 1. The predicted molar refractivity (Wildman–Crippen MR) is 110 cm³/mol. The minimum absolute atomic E-state index is 0.196. The Hall–Kier alpha value is -1.97. The van der Waals surface area contributed by atoms with Crippen LogP contribution in [0.3, 0.4) is 0 Å². The number of hydrogen-bond donors (Lipinski definition) is 0. The fourth-order valence-corrected chi connectivity index (χ4v) is 3.48. The summed E-state index contributed by atoms with van der Waals surface area (Å²) in [6.07, 6.45) is 1.49. The normalized spacial score (nSPS) is 13.8. The zero-order valence-corrected chi connectivity index (χ0v) is 17.0. The molecule has 1 atom stereocenters. The third-order valence-corrected chi connectivity index (χ3v) is 5.20. The van der Waals surface area contributed by atoms with Crippen molar-refractivity contribution in [2.75, 3.05) is 28.2 Å². The van der Waals surface area contributed by atoms with Crippen molar-refractivity contribution in [2.45, 2.75) is 38.8 Å². The highest BCUT2D eigenvalue weighted by atomic mass is 16.1. The maximum Gasteiger partial charge on any atom is 0.183 e. The van der Waals surface area contributed by atoms with E-state index in [0.29, 0.717) is 0 Å². The standard InChI is InChI=1S/C23H32N2O/c1-7-23(25(5)6,16-19-10-8-18(2)9-11-19)22(26)21-14-12-20(13-15-21)17-24(3)4/h8-15H,7,16-17H2,1-6H3. The second kappa shape index (κ2) is 8.61. The molecule has 0 spiro atoms. The quantitative estimate of drug-likeness (QED) is 0.666. The van der Waals surface area contributed by atoms with Crippen molar-refractivity contribution in [3.8, 4) is 0 Å². The lowest BCUT2D eigenvalue weighted by atomic mass is 9.80. The number of nitrogens with zero attached hydrogens (tertiary/aromatic N) is 2. The van der Waals surface area contributed by atoms with Crippen LogP contribution in [0.1, 0.15) is 40.4 Å². The van der Waals surface area contributed by atoms with E-state index in [2.05, 4.69) is 74.1 Å². The van der Waals surface area contributed by atoms with Gasteiger partial charge in [0.05, 0.1) is 5.54 Å².